The Hall–Kier alpha value is 0.560. The molecule has 0 unspecified atom stereocenters. The number of rotatable bonds is 4. The molecular weight excluding hydrogens is 350 g/mol. The maximum absolute atomic E-state index is 12.9. The first-order valence-corrected chi connectivity index (χ1v) is 13.0. The Balaban J connectivity index is 0.00000156. The molecule has 0 atom stereocenters. The smallest absolute Gasteiger partial charge is 1.00 e. The Kier molecular flexibility index (Phi) is 7.80. The van der Waals surface area contributed by atoms with Crippen molar-refractivity contribution in [2.75, 3.05) is 0 Å². The van der Waals surface area contributed by atoms with Crippen LogP contribution in [-0.2, 0) is 9.74 Å². The van der Waals surface area contributed by atoms with Crippen LogP contribution in [0.25, 0.3) is 0 Å². The van der Waals surface area contributed by atoms with Crippen LogP contribution in [-0.4, -0.2) is 24.3 Å². The van der Waals surface area contributed by atoms with Crippen LogP contribution < -0.4 is 34.9 Å². The van der Waals surface area contributed by atoms with Gasteiger partial charge in [0.2, 0.25) is 0 Å². The predicted molar refractivity (Wildman–Crippen MR) is 99.4 cm³/mol. The molecule has 1 aromatic carbocycles. The van der Waals surface area contributed by atoms with Crippen molar-refractivity contribution >= 4 is 21.5 Å². The first-order valence-electron chi connectivity index (χ1n) is 8.98. The Labute approximate surface area is 170 Å². The molecular formula is C18H29NaO3PS+. The monoisotopic (exact) mass is 379 g/mol. The van der Waals surface area contributed by atoms with Crippen molar-refractivity contribution in [3.05, 3.63) is 30.3 Å². The van der Waals surface area contributed by atoms with E-state index in [-0.39, 0.29) is 42.3 Å². The quantitative estimate of drug-likeness (QED) is 0.494. The summed E-state index contributed by atoms with van der Waals surface area (Å²) in [5.74, 6) is 0. The van der Waals surface area contributed by atoms with E-state index in [2.05, 4.69) is 0 Å². The molecule has 2 saturated carbocycles. The number of hydrogen-bond donors (Lipinski definition) is 1. The second-order valence-corrected chi connectivity index (χ2v) is 14.6. The summed E-state index contributed by atoms with van der Waals surface area (Å²) in [6.07, 6.45) is 10.6. The average Bonchev–Trinajstić information content (AvgIpc) is 2.57. The topological polar surface area (TPSA) is 54.4 Å². The fourth-order valence-electron chi connectivity index (χ4n) is 4.82. The van der Waals surface area contributed by atoms with Crippen molar-refractivity contribution in [2.24, 2.45) is 0 Å². The molecule has 3 nitrogen and oxygen atoms in total. The standard InChI is InChI=1S/C18H27O3PS.Na.H/c19-23(20,21)22(16-10-4-1-5-11-16,17-12-6-2-7-13-17)18-14-8-3-9-15-18;;/h1,4-5,10-11,17-18H,2-3,6-9,12-15H2;;/q;+1;-1/p+1. The van der Waals surface area contributed by atoms with Gasteiger partial charge < -0.3 is 1.43 Å². The van der Waals surface area contributed by atoms with Gasteiger partial charge in [0.05, 0.1) is 11.3 Å². The Morgan fingerprint density at radius 2 is 1.25 bits per heavy atom. The normalized spacial score (nSPS) is 21.2. The average molecular weight is 379 g/mol. The van der Waals surface area contributed by atoms with Crippen LogP contribution in [0.5, 0.6) is 0 Å². The minimum atomic E-state index is -4.07. The van der Waals surface area contributed by atoms with E-state index in [9.17, 15) is 13.0 Å². The van der Waals surface area contributed by atoms with Gasteiger partial charge in [-0.25, -0.2) is 0 Å². The molecule has 3 rings (SSSR count). The predicted octanol–water partition coefficient (Wildman–Crippen LogP) is 1.91. The molecule has 0 aliphatic heterocycles. The molecule has 2 aliphatic rings. The molecule has 2 fully saturated rings. The van der Waals surface area contributed by atoms with Crippen LogP contribution in [0, 0.1) is 0 Å². The molecule has 0 saturated heterocycles. The Morgan fingerprint density at radius 1 is 0.833 bits per heavy atom. The van der Waals surface area contributed by atoms with Gasteiger partial charge in [-0.05, 0) is 63.5 Å². The van der Waals surface area contributed by atoms with Crippen LogP contribution in [0.15, 0.2) is 30.3 Å². The van der Waals surface area contributed by atoms with E-state index in [0.717, 1.165) is 56.7 Å². The van der Waals surface area contributed by atoms with Crippen LogP contribution in [0.3, 0.4) is 0 Å². The maximum atomic E-state index is 12.9. The first-order chi connectivity index (χ1) is 11.1. The van der Waals surface area contributed by atoms with Gasteiger partial charge in [0.1, 0.15) is 5.30 Å². The third kappa shape index (κ3) is 3.94. The number of hydrogen-bond acceptors (Lipinski definition) is 2. The molecule has 0 spiro atoms. The maximum Gasteiger partial charge on any atom is 1.00 e. The molecule has 130 valence electrons. The molecule has 6 heteroatoms. The van der Waals surface area contributed by atoms with Crippen molar-refractivity contribution < 1.29 is 44.0 Å². The SMILES string of the molecule is O=S(=O)(O)[P+](c1ccccc1)(C1CCCCC1)C1CCCCC1.[H-].[Na+]. The third-order valence-electron chi connectivity index (χ3n) is 5.78. The molecule has 0 heterocycles. The van der Waals surface area contributed by atoms with E-state index in [0.29, 0.717) is 0 Å². The van der Waals surface area contributed by atoms with E-state index in [1.807, 2.05) is 30.3 Å². The second-order valence-electron chi connectivity index (χ2n) is 7.08. The van der Waals surface area contributed by atoms with Crippen LogP contribution in [0.4, 0.5) is 0 Å². The minimum absolute atomic E-state index is 0. The van der Waals surface area contributed by atoms with Crippen molar-refractivity contribution in [2.45, 2.75) is 75.5 Å². The fraction of sp³-hybridized carbons (Fsp3) is 0.667. The van der Waals surface area contributed by atoms with E-state index >= 15 is 0 Å². The molecule has 1 N–H and O–H groups in total. The molecule has 1 aromatic rings. The summed E-state index contributed by atoms with van der Waals surface area (Å²) in [5.41, 5.74) is 0.300. The molecule has 24 heavy (non-hydrogen) atoms. The molecule has 0 bridgehead atoms. The van der Waals surface area contributed by atoms with Crippen molar-refractivity contribution in [3.8, 4) is 0 Å². The summed E-state index contributed by atoms with van der Waals surface area (Å²) in [5, 5.41) is 0.918. The van der Waals surface area contributed by atoms with Gasteiger partial charge in [-0.3, -0.25) is 4.55 Å². The summed E-state index contributed by atoms with van der Waals surface area (Å²) >= 11 is 0. The Bertz CT molecular complexity index is 596. The van der Waals surface area contributed by atoms with Gasteiger partial charge in [0.25, 0.3) is 0 Å². The van der Waals surface area contributed by atoms with E-state index in [1.165, 1.54) is 12.8 Å². The van der Waals surface area contributed by atoms with Crippen molar-refractivity contribution in [3.63, 3.8) is 0 Å². The zero-order valence-corrected chi connectivity index (χ0v) is 18.4. The molecule has 0 aromatic heterocycles. The zero-order chi connectivity index (χ0) is 16.3. The Morgan fingerprint density at radius 3 is 1.62 bits per heavy atom. The van der Waals surface area contributed by atoms with Gasteiger partial charge >= 0.3 is 39.3 Å². The van der Waals surface area contributed by atoms with Gasteiger partial charge in [0, 0.05) is 0 Å². The summed E-state index contributed by atoms with van der Waals surface area (Å²) in [7, 11) is -4.07. The van der Waals surface area contributed by atoms with Crippen molar-refractivity contribution in [1.29, 1.82) is 0 Å². The fourth-order valence-corrected chi connectivity index (χ4v) is 14.9. The summed E-state index contributed by atoms with van der Waals surface area (Å²) < 4.78 is 36.2. The van der Waals surface area contributed by atoms with Crippen LogP contribution in [0.1, 0.15) is 65.6 Å². The van der Waals surface area contributed by atoms with Crippen LogP contribution in [0.2, 0.25) is 0 Å². The summed E-state index contributed by atoms with van der Waals surface area (Å²) in [4.78, 5) is 0. The summed E-state index contributed by atoms with van der Waals surface area (Å²) in [6.45, 7) is -2.66. The van der Waals surface area contributed by atoms with Gasteiger partial charge in [-0.1, -0.05) is 31.0 Å². The van der Waals surface area contributed by atoms with Gasteiger partial charge in [0.15, 0.2) is 6.46 Å². The largest absolute Gasteiger partial charge is 1.00 e. The molecule has 2 aliphatic carbocycles. The first kappa shape index (κ1) is 20.9. The third-order valence-corrected chi connectivity index (χ3v) is 15.6. The second kappa shape index (κ2) is 8.97. The van der Waals surface area contributed by atoms with E-state index < -0.39 is 16.2 Å². The summed E-state index contributed by atoms with van der Waals surface area (Å²) in [6, 6.07) is 9.72. The van der Waals surface area contributed by atoms with E-state index in [4.69, 9.17) is 0 Å². The minimum Gasteiger partial charge on any atom is -1.00 e. The molecule has 0 radical (unpaired) electrons. The van der Waals surface area contributed by atoms with Gasteiger partial charge in [-0.2, -0.15) is 8.42 Å². The van der Waals surface area contributed by atoms with Gasteiger partial charge in [-0.15, -0.1) is 0 Å². The van der Waals surface area contributed by atoms with E-state index in [1.54, 1.807) is 0 Å². The number of benzene rings is 1. The zero-order valence-electron chi connectivity index (χ0n) is 15.7. The van der Waals surface area contributed by atoms with Crippen molar-refractivity contribution in [1.82, 2.24) is 0 Å². The van der Waals surface area contributed by atoms with Crippen LogP contribution >= 0.6 is 6.46 Å². The molecule has 0 amide bonds.